The molecule has 0 bridgehead atoms. The van der Waals surface area contributed by atoms with E-state index < -0.39 is 7.82 Å². The quantitative estimate of drug-likeness (QED) is 0.555. The van der Waals surface area contributed by atoms with Crippen LogP contribution in [0.25, 0.3) is 0 Å². The molecule has 0 saturated heterocycles. The zero-order valence-electron chi connectivity index (χ0n) is 11.0. The van der Waals surface area contributed by atoms with Gasteiger partial charge in [0, 0.05) is 5.56 Å². The number of rotatable bonds is 2. The first-order valence-corrected chi connectivity index (χ1v) is 6.08. The average Bonchev–Trinajstić information content (AvgIpc) is 1.99. The summed E-state index contributed by atoms with van der Waals surface area (Å²) in [6, 6.07) is 6.85. The first kappa shape index (κ1) is 16.2. The SMILES string of the molecule is CC(C)(C)c1ccccc1OP(=O)(O)O.[H-].[Na+]. The Morgan fingerprint density at radius 2 is 1.75 bits per heavy atom. The van der Waals surface area contributed by atoms with E-state index in [1.807, 2.05) is 26.8 Å². The molecule has 0 fully saturated rings. The summed E-state index contributed by atoms with van der Waals surface area (Å²) in [5, 5.41) is 0. The minimum Gasteiger partial charge on any atom is -1.00 e. The Kier molecular flexibility index (Phi) is 5.73. The Morgan fingerprint density at radius 3 is 2.19 bits per heavy atom. The molecule has 0 aromatic heterocycles. The van der Waals surface area contributed by atoms with Crippen molar-refractivity contribution in [1.29, 1.82) is 0 Å². The summed E-state index contributed by atoms with van der Waals surface area (Å²) < 4.78 is 15.4. The van der Waals surface area contributed by atoms with Gasteiger partial charge in [0.25, 0.3) is 0 Å². The second kappa shape index (κ2) is 5.67. The van der Waals surface area contributed by atoms with E-state index in [0.29, 0.717) is 0 Å². The number of para-hydroxylation sites is 1. The van der Waals surface area contributed by atoms with Crippen molar-refractivity contribution in [2.45, 2.75) is 26.2 Å². The number of phosphoric acid groups is 1. The van der Waals surface area contributed by atoms with Gasteiger partial charge in [-0.2, -0.15) is 0 Å². The molecule has 0 atom stereocenters. The van der Waals surface area contributed by atoms with E-state index in [-0.39, 0.29) is 42.1 Å². The molecule has 4 nitrogen and oxygen atoms in total. The van der Waals surface area contributed by atoms with E-state index in [1.54, 1.807) is 18.2 Å². The Labute approximate surface area is 119 Å². The first-order chi connectivity index (χ1) is 6.70. The van der Waals surface area contributed by atoms with Gasteiger partial charge in [-0.05, 0) is 11.5 Å². The van der Waals surface area contributed by atoms with E-state index in [2.05, 4.69) is 4.52 Å². The van der Waals surface area contributed by atoms with Crippen LogP contribution in [0.4, 0.5) is 0 Å². The topological polar surface area (TPSA) is 66.8 Å². The van der Waals surface area contributed by atoms with Gasteiger partial charge in [-0.25, -0.2) is 4.57 Å². The van der Waals surface area contributed by atoms with Crippen molar-refractivity contribution >= 4 is 7.82 Å². The van der Waals surface area contributed by atoms with Crippen LogP contribution in [0.2, 0.25) is 0 Å². The van der Waals surface area contributed by atoms with Gasteiger partial charge in [-0.15, -0.1) is 0 Å². The molecule has 0 spiro atoms. The maximum Gasteiger partial charge on any atom is 1.00 e. The van der Waals surface area contributed by atoms with Gasteiger partial charge >= 0.3 is 37.4 Å². The molecule has 0 amide bonds. The number of hydrogen-bond donors (Lipinski definition) is 2. The molecule has 2 N–H and O–H groups in total. The van der Waals surface area contributed by atoms with Gasteiger partial charge in [0.15, 0.2) is 0 Å². The molecule has 6 heteroatoms. The smallest absolute Gasteiger partial charge is 1.00 e. The molecule has 0 unspecified atom stereocenters. The molecule has 0 aliphatic heterocycles. The second-order valence-corrected chi connectivity index (χ2v) is 5.49. The van der Waals surface area contributed by atoms with E-state index in [4.69, 9.17) is 9.79 Å². The number of phosphoric ester groups is 1. The van der Waals surface area contributed by atoms with Gasteiger partial charge in [0.2, 0.25) is 0 Å². The van der Waals surface area contributed by atoms with Crippen LogP contribution >= 0.6 is 7.82 Å². The van der Waals surface area contributed by atoms with Crippen LogP contribution < -0.4 is 34.1 Å². The van der Waals surface area contributed by atoms with Crippen LogP contribution in [0.1, 0.15) is 27.8 Å². The monoisotopic (exact) mass is 254 g/mol. The van der Waals surface area contributed by atoms with Crippen molar-refractivity contribution in [2.24, 2.45) is 0 Å². The summed E-state index contributed by atoms with van der Waals surface area (Å²) >= 11 is 0. The molecule has 86 valence electrons. The molecule has 1 aromatic rings. The van der Waals surface area contributed by atoms with Crippen LogP contribution in [-0.2, 0) is 9.98 Å². The Balaban J connectivity index is 0. The van der Waals surface area contributed by atoms with Gasteiger partial charge in [-0.1, -0.05) is 39.0 Å². The van der Waals surface area contributed by atoms with E-state index >= 15 is 0 Å². The summed E-state index contributed by atoms with van der Waals surface area (Å²) in [5.41, 5.74) is 0.555. The van der Waals surface area contributed by atoms with Crippen LogP contribution in [0.5, 0.6) is 5.75 Å². The minimum atomic E-state index is -4.48. The summed E-state index contributed by atoms with van der Waals surface area (Å²) in [4.78, 5) is 17.5. The third kappa shape index (κ3) is 5.00. The van der Waals surface area contributed by atoms with Crippen molar-refractivity contribution in [2.75, 3.05) is 0 Å². The molecule has 0 aliphatic carbocycles. The second-order valence-electron chi connectivity index (χ2n) is 4.33. The predicted molar refractivity (Wildman–Crippen MR) is 58.9 cm³/mol. The van der Waals surface area contributed by atoms with Gasteiger partial charge in [0.05, 0.1) is 0 Å². The molecular formula is C10H16NaO4P. The molecular weight excluding hydrogens is 238 g/mol. The van der Waals surface area contributed by atoms with Crippen molar-refractivity contribution in [1.82, 2.24) is 0 Å². The zero-order chi connectivity index (χ0) is 11.7. The van der Waals surface area contributed by atoms with E-state index in [0.717, 1.165) is 5.56 Å². The molecule has 0 saturated carbocycles. The number of hydrogen-bond acceptors (Lipinski definition) is 2. The maximum absolute atomic E-state index is 10.8. The molecule has 0 heterocycles. The summed E-state index contributed by atoms with van der Waals surface area (Å²) in [6.45, 7) is 5.86. The standard InChI is InChI=1S/C10H15O4P.Na.H/c1-10(2,3)8-6-4-5-7-9(8)14-15(11,12)13;;/h4-7H,1-3H3,(H2,11,12,13);;/q;+1;-1. The Morgan fingerprint density at radius 1 is 1.25 bits per heavy atom. The van der Waals surface area contributed by atoms with Crippen molar-refractivity contribution in [3.05, 3.63) is 29.8 Å². The van der Waals surface area contributed by atoms with Crippen LogP contribution in [0.3, 0.4) is 0 Å². The van der Waals surface area contributed by atoms with Crippen molar-refractivity contribution in [3.63, 3.8) is 0 Å². The third-order valence-corrected chi connectivity index (χ3v) is 2.35. The predicted octanol–water partition coefficient (Wildman–Crippen LogP) is -0.428. The molecule has 1 aromatic carbocycles. The number of benzene rings is 1. The van der Waals surface area contributed by atoms with Crippen LogP contribution in [0.15, 0.2) is 24.3 Å². The fraction of sp³-hybridized carbons (Fsp3) is 0.400. The molecule has 16 heavy (non-hydrogen) atoms. The van der Waals surface area contributed by atoms with Gasteiger partial charge < -0.3 is 5.95 Å². The summed E-state index contributed by atoms with van der Waals surface area (Å²) in [6.07, 6.45) is 0. The van der Waals surface area contributed by atoms with Crippen LogP contribution in [-0.4, -0.2) is 9.79 Å². The van der Waals surface area contributed by atoms with E-state index in [9.17, 15) is 4.57 Å². The van der Waals surface area contributed by atoms with Gasteiger partial charge in [-0.3, -0.25) is 9.79 Å². The van der Waals surface area contributed by atoms with Crippen molar-refractivity contribution < 1.29 is 49.9 Å². The normalized spacial score (nSPS) is 11.8. The maximum atomic E-state index is 10.8. The van der Waals surface area contributed by atoms with Gasteiger partial charge in [0.1, 0.15) is 5.75 Å². The Hall–Kier alpha value is 0.170. The third-order valence-electron chi connectivity index (χ3n) is 1.91. The fourth-order valence-corrected chi connectivity index (χ4v) is 1.71. The Bertz CT molecular complexity index is 400. The largest absolute Gasteiger partial charge is 1.00 e. The first-order valence-electron chi connectivity index (χ1n) is 4.55. The zero-order valence-corrected chi connectivity index (χ0v) is 12.9. The van der Waals surface area contributed by atoms with E-state index in [1.165, 1.54) is 0 Å². The average molecular weight is 254 g/mol. The van der Waals surface area contributed by atoms with Crippen LogP contribution in [0, 0.1) is 0 Å². The fourth-order valence-electron chi connectivity index (χ4n) is 1.29. The molecule has 0 radical (unpaired) electrons. The molecule has 0 aliphatic rings. The molecule has 1 rings (SSSR count). The van der Waals surface area contributed by atoms with Crippen molar-refractivity contribution in [3.8, 4) is 5.75 Å². The summed E-state index contributed by atoms with van der Waals surface area (Å²) in [5.74, 6) is 0.235. The summed E-state index contributed by atoms with van der Waals surface area (Å²) in [7, 11) is -4.48. The minimum absolute atomic E-state index is 0.